The maximum atomic E-state index is 12.1. The van der Waals surface area contributed by atoms with E-state index in [1.54, 1.807) is 0 Å². The third-order valence-electron chi connectivity index (χ3n) is 3.45. The number of aromatic nitrogens is 4. The largest absolute Gasteiger partial charge is 0.325 e. The molecule has 0 atom stereocenters. The normalized spacial score (nSPS) is 10.9. The van der Waals surface area contributed by atoms with Crippen molar-refractivity contribution in [3.63, 3.8) is 0 Å². The van der Waals surface area contributed by atoms with Gasteiger partial charge in [0.15, 0.2) is 16.3 Å². The maximum absolute atomic E-state index is 12.1. The van der Waals surface area contributed by atoms with E-state index in [-0.39, 0.29) is 17.2 Å². The van der Waals surface area contributed by atoms with Gasteiger partial charge in [-0.25, -0.2) is 9.97 Å². The highest BCUT2D eigenvalue weighted by atomic mass is 32.2. The predicted octanol–water partition coefficient (Wildman–Crippen LogP) is 2.18. The van der Waals surface area contributed by atoms with Crippen LogP contribution in [0.3, 0.4) is 0 Å². The Bertz CT molecular complexity index is 947. The minimum atomic E-state index is -0.279. The lowest BCUT2D eigenvalue weighted by Crippen LogP contribution is -2.14. The summed E-state index contributed by atoms with van der Waals surface area (Å²) >= 11 is 1.28. The van der Waals surface area contributed by atoms with Gasteiger partial charge < -0.3 is 14.9 Å². The molecule has 0 aliphatic carbocycles. The minimum Gasteiger partial charge on any atom is -0.325 e. The van der Waals surface area contributed by atoms with Gasteiger partial charge in [0.1, 0.15) is 0 Å². The summed E-state index contributed by atoms with van der Waals surface area (Å²) in [5, 5.41) is 3.46. The number of aryl methyl sites for hydroxylation is 2. The molecule has 2 aromatic heterocycles. The summed E-state index contributed by atoms with van der Waals surface area (Å²) < 4.78 is 1.83. The molecule has 3 rings (SSSR count). The van der Waals surface area contributed by atoms with E-state index in [4.69, 9.17) is 0 Å². The molecule has 0 saturated carbocycles. The van der Waals surface area contributed by atoms with E-state index < -0.39 is 0 Å². The number of nitrogens with zero attached hydrogens (tertiary/aromatic N) is 3. The smallest absolute Gasteiger partial charge is 0.278 e. The Balaban J connectivity index is 1.74. The highest BCUT2D eigenvalue weighted by Crippen LogP contribution is 2.21. The van der Waals surface area contributed by atoms with Crippen LogP contribution in [-0.2, 0) is 11.3 Å². The third-order valence-corrected chi connectivity index (χ3v) is 4.43. The molecule has 124 valence electrons. The molecule has 0 radical (unpaired) electrons. The van der Waals surface area contributed by atoms with Crippen LogP contribution in [0.15, 0.2) is 40.5 Å². The van der Waals surface area contributed by atoms with Crippen LogP contribution in [0.25, 0.3) is 11.2 Å². The van der Waals surface area contributed by atoms with E-state index in [1.165, 1.54) is 18.1 Å². The van der Waals surface area contributed by atoms with E-state index in [1.807, 2.05) is 42.7 Å². The quantitative estimate of drug-likeness (QED) is 0.693. The number of H-pyrrole nitrogens is 1. The number of imidazole rings is 1. The summed E-state index contributed by atoms with van der Waals surface area (Å²) in [6.07, 6.45) is 1.36. The Morgan fingerprint density at radius 1 is 1.42 bits per heavy atom. The first-order valence-electron chi connectivity index (χ1n) is 7.51. The number of nitrogens with one attached hydrogen (secondary N) is 2. The van der Waals surface area contributed by atoms with Gasteiger partial charge in [-0.3, -0.25) is 9.59 Å². The van der Waals surface area contributed by atoms with Gasteiger partial charge in [-0.15, -0.1) is 0 Å². The van der Waals surface area contributed by atoms with Crippen molar-refractivity contribution in [3.05, 3.63) is 46.5 Å². The number of anilines is 1. The second-order valence-corrected chi connectivity index (χ2v) is 6.19. The minimum absolute atomic E-state index is 0.123. The van der Waals surface area contributed by atoms with Crippen LogP contribution < -0.4 is 10.9 Å². The monoisotopic (exact) mass is 343 g/mol. The number of amides is 1. The second-order valence-electron chi connectivity index (χ2n) is 5.25. The average Bonchev–Trinajstić information content (AvgIpc) is 2.92. The van der Waals surface area contributed by atoms with E-state index in [0.29, 0.717) is 22.9 Å². The van der Waals surface area contributed by atoms with Crippen LogP contribution in [0.5, 0.6) is 0 Å². The highest BCUT2D eigenvalue weighted by Gasteiger charge is 2.15. The van der Waals surface area contributed by atoms with Crippen molar-refractivity contribution in [2.75, 3.05) is 11.1 Å². The molecule has 7 nitrogen and oxygen atoms in total. The fourth-order valence-corrected chi connectivity index (χ4v) is 3.23. The molecular formula is C16H17N5O2S. The molecule has 0 fully saturated rings. The van der Waals surface area contributed by atoms with Crippen LogP contribution in [-0.4, -0.2) is 31.2 Å². The first kappa shape index (κ1) is 16.3. The van der Waals surface area contributed by atoms with E-state index in [9.17, 15) is 9.59 Å². The summed E-state index contributed by atoms with van der Waals surface area (Å²) in [4.78, 5) is 34.9. The molecule has 2 N–H and O–H groups in total. The van der Waals surface area contributed by atoms with Gasteiger partial charge in [0.05, 0.1) is 12.1 Å². The van der Waals surface area contributed by atoms with Crippen molar-refractivity contribution in [3.8, 4) is 0 Å². The first-order valence-corrected chi connectivity index (χ1v) is 8.50. The standard InChI is InChI=1S/C16H17N5O2S/c1-3-21-14-13(15(23)18-9-17-14)20-16(21)24-8-12(22)19-11-6-4-5-10(2)7-11/h4-7,9H,3,8H2,1-2H3,(H,19,22)(H,17,18,23). The number of carbonyl (C=O) groups excluding carboxylic acids is 1. The van der Waals surface area contributed by atoms with Crippen LogP contribution >= 0.6 is 11.8 Å². The van der Waals surface area contributed by atoms with Gasteiger partial charge in [0, 0.05) is 12.2 Å². The summed E-state index contributed by atoms with van der Waals surface area (Å²) in [5.41, 5.74) is 2.39. The Morgan fingerprint density at radius 2 is 2.25 bits per heavy atom. The lowest BCUT2D eigenvalue weighted by molar-refractivity contribution is -0.113. The van der Waals surface area contributed by atoms with Crippen molar-refractivity contribution in [2.45, 2.75) is 25.5 Å². The molecule has 0 bridgehead atoms. The predicted molar refractivity (Wildman–Crippen MR) is 94.4 cm³/mol. The number of rotatable bonds is 5. The zero-order chi connectivity index (χ0) is 17.1. The second kappa shape index (κ2) is 6.88. The van der Waals surface area contributed by atoms with Gasteiger partial charge >= 0.3 is 0 Å². The van der Waals surface area contributed by atoms with Gasteiger partial charge in [0.25, 0.3) is 5.56 Å². The highest BCUT2D eigenvalue weighted by molar-refractivity contribution is 7.99. The van der Waals surface area contributed by atoms with Gasteiger partial charge in [0.2, 0.25) is 5.91 Å². The maximum Gasteiger partial charge on any atom is 0.278 e. The molecule has 2 heterocycles. The zero-order valence-electron chi connectivity index (χ0n) is 13.4. The summed E-state index contributed by atoms with van der Waals surface area (Å²) in [7, 11) is 0. The van der Waals surface area contributed by atoms with Crippen LogP contribution in [0.4, 0.5) is 5.69 Å². The Kier molecular flexibility index (Phi) is 4.66. The van der Waals surface area contributed by atoms with Crippen LogP contribution in [0.1, 0.15) is 12.5 Å². The topological polar surface area (TPSA) is 92.7 Å². The molecule has 0 unspecified atom stereocenters. The number of thioether (sulfide) groups is 1. The number of fused-ring (bicyclic) bond motifs is 1. The fraction of sp³-hybridized carbons (Fsp3) is 0.250. The lowest BCUT2D eigenvalue weighted by Gasteiger charge is -2.07. The fourth-order valence-electron chi connectivity index (χ4n) is 2.37. The van der Waals surface area contributed by atoms with Crippen molar-refractivity contribution in [1.82, 2.24) is 19.5 Å². The van der Waals surface area contributed by atoms with Crippen molar-refractivity contribution >= 4 is 34.5 Å². The number of carbonyl (C=O) groups is 1. The number of aromatic amines is 1. The Labute approximate surface area is 142 Å². The molecule has 0 spiro atoms. The lowest BCUT2D eigenvalue weighted by atomic mass is 10.2. The number of hydrogen-bond donors (Lipinski definition) is 2. The van der Waals surface area contributed by atoms with E-state index in [2.05, 4.69) is 20.3 Å². The SMILES string of the molecule is CCn1c(SCC(=O)Nc2cccc(C)c2)nc2c(=O)[nH]cnc21. The first-order chi connectivity index (χ1) is 11.6. The molecule has 3 aromatic rings. The molecule has 1 amide bonds. The van der Waals surface area contributed by atoms with Gasteiger partial charge in [-0.2, -0.15) is 0 Å². The van der Waals surface area contributed by atoms with Crippen molar-refractivity contribution in [1.29, 1.82) is 0 Å². The van der Waals surface area contributed by atoms with Crippen LogP contribution in [0.2, 0.25) is 0 Å². The molecule has 8 heteroatoms. The van der Waals surface area contributed by atoms with Crippen LogP contribution in [0, 0.1) is 6.92 Å². The third kappa shape index (κ3) is 3.33. The summed E-state index contributed by atoms with van der Waals surface area (Å²) in [6, 6.07) is 7.62. The Hall–Kier alpha value is -2.61. The van der Waals surface area contributed by atoms with E-state index >= 15 is 0 Å². The van der Waals surface area contributed by atoms with Gasteiger partial charge in [-0.05, 0) is 31.5 Å². The number of hydrogen-bond acceptors (Lipinski definition) is 5. The molecule has 24 heavy (non-hydrogen) atoms. The Morgan fingerprint density at radius 3 is 3.00 bits per heavy atom. The summed E-state index contributed by atoms with van der Waals surface area (Å²) in [5.74, 6) is 0.0806. The molecule has 0 saturated heterocycles. The number of benzene rings is 1. The average molecular weight is 343 g/mol. The zero-order valence-corrected chi connectivity index (χ0v) is 14.2. The van der Waals surface area contributed by atoms with Crippen molar-refractivity contribution < 1.29 is 4.79 Å². The molecular weight excluding hydrogens is 326 g/mol. The molecule has 0 aliphatic heterocycles. The van der Waals surface area contributed by atoms with Crippen molar-refractivity contribution in [2.24, 2.45) is 0 Å². The summed E-state index contributed by atoms with van der Waals surface area (Å²) in [6.45, 7) is 4.54. The molecule has 0 aliphatic rings. The van der Waals surface area contributed by atoms with Gasteiger partial charge in [-0.1, -0.05) is 23.9 Å². The van der Waals surface area contributed by atoms with E-state index in [0.717, 1.165) is 11.3 Å². The molecule has 1 aromatic carbocycles.